The van der Waals surface area contributed by atoms with Crippen molar-refractivity contribution in [3.8, 4) is 0 Å². The van der Waals surface area contributed by atoms with Crippen LogP contribution in [0, 0.1) is 0 Å². The maximum atomic E-state index is 10.3. The van der Waals surface area contributed by atoms with E-state index in [0.717, 1.165) is 11.5 Å². The first kappa shape index (κ1) is 5.58. The highest BCUT2D eigenvalue weighted by molar-refractivity contribution is 7.97. The van der Waals surface area contributed by atoms with Gasteiger partial charge in [0.1, 0.15) is 4.88 Å². The highest BCUT2D eigenvalue weighted by Crippen LogP contribution is 2.03. The van der Waals surface area contributed by atoms with E-state index in [2.05, 4.69) is 22.2 Å². The van der Waals surface area contributed by atoms with Gasteiger partial charge in [0.05, 0.1) is 6.20 Å². The molecule has 0 N–H and O–H groups in total. The van der Waals surface area contributed by atoms with Crippen molar-refractivity contribution in [3.05, 3.63) is 11.1 Å². The van der Waals surface area contributed by atoms with E-state index in [9.17, 15) is 4.79 Å². The van der Waals surface area contributed by atoms with E-state index in [4.69, 9.17) is 0 Å². The second-order valence-corrected chi connectivity index (χ2v) is 2.23. The summed E-state index contributed by atoms with van der Waals surface area (Å²) in [5.41, 5.74) is 0. The third-order valence-electron chi connectivity index (χ3n) is 0.562. The Morgan fingerprint density at radius 2 is 2.62 bits per heavy atom. The molecule has 0 aliphatic carbocycles. The third kappa shape index (κ3) is 0.988. The molecule has 1 aromatic heterocycles. The SMILES string of the molecule is O=C([S])c1cnns1. The van der Waals surface area contributed by atoms with Gasteiger partial charge in [0, 0.05) is 0 Å². The van der Waals surface area contributed by atoms with E-state index in [1.54, 1.807) is 0 Å². The van der Waals surface area contributed by atoms with E-state index < -0.39 is 0 Å². The standard InChI is InChI=1S/C3HN2OS2/c6-3(7)2-1-4-5-8-2/h1H. The molecule has 5 heteroatoms. The fraction of sp³-hybridized carbons (Fsp3) is 0. The molecular weight excluding hydrogens is 144 g/mol. The highest BCUT2D eigenvalue weighted by Gasteiger charge is 2.01. The van der Waals surface area contributed by atoms with Crippen LogP contribution in [0.1, 0.15) is 9.67 Å². The molecule has 0 unspecified atom stereocenters. The van der Waals surface area contributed by atoms with E-state index in [-0.39, 0.29) is 5.12 Å². The van der Waals surface area contributed by atoms with Gasteiger partial charge in [-0.25, -0.2) is 0 Å². The number of hydrogen-bond donors (Lipinski definition) is 0. The summed E-state index contributed by atoms with van der Waals surface area (Å²) in [6.07, 6.45) is 1.36. The number of carbonyl (C=O) groups is 1. The van der Waals surface area contributed by atoms with Gasteiger partial charge in [-0.1, -0.05) is 4.49 Å². The van der Waals surface area contributed by atoms with Gasteiger partial charge in [0.2, 0.25) is 0 Å². The number of hydrogen-bond acceptors (Lipinski definition) is 4. The summed E-state index contributed by atoms with van der Waals surface area (Å²) >= 11 is 5.31. The predicted molar refractivity (Wildman–Crippen MR) is 31.8 cm³/mol. The lowest BCUT2D eigenvalue weighted by Crippen LogP contribution is -1.79. The summed E-state index contributed by atoms with van der Waals surface area (Å²) in [6, 6.07) is 0. The minimum atomic E-state index is -0.389. The van der Waals surface area contributed by atoms with Crippen molar-refractivity contribution < 1.29 is 4.79 Å². The molecule has 0 aliphatic heterocycles. The predicted octanol–water partition coefficient (Wildman–Crippen LogP) is 0.876. The Kier molecular flexibility index (Phi) is 1.50. The molecule has 0 spiro atoms. The summed E-state index contributed by atoms with van der Waals surface area (Å²) in [7, 11) is 0. The number of rotatable bonds is 1. The van der Waals surface area contributed by atoms with Crippen molar-refractivity contribution in [1.29, 1.82) is 0 Å². The Morgan fingerprint density at radius 1 is 1.88 bits per heavy atom. The second-order valence-electron chi connectivity index (χ2n) is 1.07. The molecule has 0 aromatic carbocycles. The molecule has 0 atom stereocenters. The molecule has 1 radical (unpaired) electrons. The minimum absolute atomic E-state index is 0.389. The zero-order chi connectivity index (χ0) is 5.98. The first-order chi connectivity index (χ1) is 3.80. The van der Waals surface area contributed by atoms with E-state index in [1.165, 1.54) is 6.20 Å². The molecule has 41 valence electrons. The summed E-state index contributed by atoms with van der Waals surface area (Å²) < 4.78 is 3.45. The first-order valence-corrected chi connectivity index (χ1v) is 2.97. The summed E-state index contributed by atoms with van der Waals surface area (Å²) in [4.78, 5) is 10.7. The molecule has 0 saturated heterocycles. The third-order valence-corrected chi connectivity index (χ3v) is 1.58. The fourth-order valence-electron chi connectivity index (χ4n) is 0.257. The molecule has 3 nitrogen and oxygen atoms in total. The van der Waals surface area contributed by atoms with Crippen LogP contribution in [0.15, 0.2) is 6.20 Å². The van der Waals surface area contributed by atoms with Crippen LogP contribution in [0.2, 0.25) is 0 Å². The van der Waals surface area contributed by atoms with Gasteiger partial charge >= 0.3 is 0 Å². The van der Waals surface area contributed by atoms with Crippen molar-refractivity contribution in [2.24, 2.45) is 0 Å². The Bertz CT molecular complexity index is 183. The molecule has 0 aliphatic rings. The molecular formula is C3HN2OS2. The van der Waals surface area contributed by atoms with Crippen LogP contribution in [0.25, 0.3) is 0 Å². The van der Waals surface area contributed by atoms with Crippen LogP contribution in [0.5, 0.6) is 0 Å². The molecule has 0 saturated carbocycles. The molecule has 1 rings (SSSR count). The van der Waals surface area contributed by atoms with Crippen LogP contribution in [-0.4, -0.2) is 14.7 Å². The molecule has 1 heterocycles. The summed E-state index contributed by atoms with van der Waals surface area (Å²) in [5.74, 6) is 0. The van der Waals surface area contributed by atoms with Crippen LogP contribution in [0.3, 0.4) is 0 Å². The van der Waals surface area contributed by atoms with E-state index in [0.29, 0.717) is 4.88 Å². The average molecular weight is 145 g/mol. The van der Waals surface area contributed by atoms with Crippen LogP contribution >= 0.6 is 24.2 Å². The number of carbonyl (C=O) groups excluding carboxylic acids is 1. The molecule has 0 fully saturated rings. The number of nitrogens with zero attached hydrogens (tertiary/aromatic N) is 2. The van der Waals surface area contributed by atoms with Gasteiger partial charge in [0.25, 0.3) is 5.12 Å². The smallest absolute Gasteiger partial charge is 0.262 e. The number of aromatic nitrogens is 2. The van der Waals surface area contributed by atoms with Crippen LogP contribution in [-0.2, 0) is 0 Å². The van der Waals surface area contributed by atoms with Crippen molar-refractivity contribution in [2.75, 3.05) is 0 Å². The fourth-order valence-corrected chi connectivity index (χ4v) is 0.773. The average Bonchev–Trinajstić information content (AvgIpc) is 2.12. The van der Waals surface area contributed by atoms with E-state index >= 15 is 0 Å². The first-order valence-electron chi connectivity index (χ1n) is 1.79. The topological polar surface area (TPSA) is 42.9 Å². The largest absolute Gasteiger partial charge is 0.275 e. The maximum absolute atomic E-state index is 10.3. The van der Waals surface area contributed by atoms with Gasteiger partial charge in [-0.2, -0.15) is 0 Å². The molecule has 1 aromatic rings. The Balaban J connectivity index is 2.93. The molecule has 0 amide bonds. The van der Waals surface area contributed by atoms with Crippen molar-refractivity contribution in [2.45, 2.75) is 0 Å². The van der Waals surface area contributed by atoms with Crippen LogP contribution in [0.4, 0.5) is 0 Å². The van der Waals surface area contributed by atoms with Gasteiger partial charge in [-0.05, 0) is 24.2 Å². The Labute approximate surface area is 55.3 Å². The molecule has 8 heavy (non-hydrogen) atoms. The Hall–Kier alpha value is -0.550. The normalized spacial score (nSPS) is 9.00. The molecule has 0 bridgehead atoms. The quantitative estimate of drug-likeness (QED) is 0.589. The lowest BCUT2D eigenvalue weighted by Gasteiger charge is -1.72. The zero-order valence-electron chi connectivity index (χ0n) is 3.70. The van der Waals surface area contributed by atoms with E-state index in [1.807, 2.05) is 0 Å². The summed E-state index contributed by atoms with van der Waals surface area (Å²) in [6.45, 7) is 0. The maximum Gasteiger partial charge on any atom is 0.262 e. The van der Waals surface area contributed by atoms with Crippen LogP contribution < -0.4 is 0 Å². The van der Waals surface area contributed by atoms with Gasteiger partial charge < -0.3 is 0 Å². The Morgan fingerprint density at radius 3 is 2.88 bits per heavy atom. The van der Waals surface area contributed by atoms with Gasteiger partial charge in [-0.3, -0.25) is 4.79 Å². The van der Waals surface area contributed by atoms with Gasteiger partial charge in [-0.15, -0.1) is 5.10 Å². The monoisotopic (exact) mass is 145 g/mol. The van der Waals surface area contributed by atoms with Crippen molar-refractivity contribution >= 4 is 29.3 Å². The highest BCUT2D eigenvalue weighted by atomic mass is 32.1. The van der Waals surface area contributed by atoms with Crippen molar-refractivity contribution in [3.63, 3.8) is 0 Å². The van der Waals surface area contributed by atoms with Gasteiger partial charge in [0.15, 0.2) is 0 Å². The second kappa shape index (κ2) is 2.15. The lowest BCUT2D eigenvalue weighted by atomic mass is 10.6. The zero-order valence-corrected chi connectivity index (χ0v) is 5.33. The minimum Gasteiger partial charge on any atom is -0.275 e. The van der Waals surface area contributed by atoms with Crippen molar-refractivity contribution in [1.82, 2.24) is 9.59 Å². The lowest BCUT2D eigenvalue weighted by molar-refractivity contribution is 0.109. The summed E-state index contributed by atoms with van der Waals surface area (Å²) in [5, 5.41) is 3.04.